The maximum atomic E-state index is 13.1. The number of rotatable bonds is 7. The Morgan fingerprint density at radius 3 is 2.38 bits per heavy atom. The second kappa shape index (κ2) is 12.5. The van der Waals surface area contributed by atoms with E-state index in [1.54, 1.807) is 11.0 Å². The van der Waals surface area contributed by atoms with Crippen LogP contribution in [0, 0.1) is 12.8 Å². The zero-order valence-electron chi connectivity index (χ0n) is 23.8. The number of anilines is 1. The number of aryl methyl sites for hydroxylation is 1. The fourth-order valence-electron chi connectivity index (χ4n) is 5.98. The van der Waals surface area contributed by atoms with Crippen LogP contribution in [-0.2, 0) is 15.8 Å². The number of nitrogens with zero attached hydrogens (tertiary/aromatic N) is 2. The number of benzene rings is 3. The monoisotopic (exact) mass is 575 g/mol. The van der Waals surface area contributed by atoms with Crippen molar-refractivity contribution in [2.45, 2.75) is 38.3 Å². The number of likely N-dealkylation sites (tertiary alicyclic amines) is 2. The molecule has 220 valence electrons. The van der Waals surface area contributed by atoms with E-state index in [1.165, 1.54) is 12.1 Å². The zero-order chi connectivity index (χ0) is 29.9. The first-order valence-electron chi connectivity index (χ1n) is 14.4. The molecule has 2 fully saturated rings. The van der Waals surface area contributed by atoms with Gasteiger partial charge in [-0.3, -0.25) is 14.5 Å². The summed E-state index contributed by atoms with van der Waals surface area (Å²) >= 11 is 0. The molecule has 0 aromatic heterocycles. The van der Waals surface area contributed by atoms with Gasteiger partial charge in [0.05, 0.1) is 18.0 Å². The van der Waals surface area contributed by atoms with E-state index in [9.17, 15) is 22.8 Å². The highest BCUT2D eigenvalue weighted by molar-refractivity contribution is 5.94. The van der Waals surface area contributed by atoms with Gasteiger partial charge in [-0.25, -0.2) is 0 Å². The first-order valence-corrected chi connectivity index (χ1v) is 14.4. The summed E-state index contributed by atoms with van der Waals surface area (Å²) in [5, 5.41) is 3.06. The number of hydrogen-bond acceptors (Lipinski definition) is 3. The van der Waals surface area contributed by atoms with Gasteiger partial charge in [0.1, 0.15) is 0 Å². The smallest absolute Gasteiger partial charge is 0.342 e. The Labute approximate surface area is 245 Å². The van der Waals surface area contributed by atoms with Crippen molar-refractivity contribution in [1.82, 2.24) is 9.80 Å². The van der Waals surface area contributed by atoms with Crippen LogP contribution < -0.4 is 5.32 Å². The van der Waals surface area contributed by atoms with E-state index in [4.69, 9.17) is 0 Å². The Morgan fingerprint density at radius 2 is 1.67 bits per heavy atom. The van der Waals surface area contributed by atoms with Gasteiger partial charge in [-0.15, -0.1) is 0 Å². The third-order valence-corrected chi connectivity index (χ3v) is 8.49. The van der Waals surface area contributed by atoms with Crippen molar-refractivity contribution < 1.29 is 22.8 Å². The predicted octanol–water partition coefficient (Wildman–Crippen LogP) is 6.74. The lowest BCUT2D eigenvalue weighted by molar-refractivity contribution is -0.137. The third kappa shape index (κ3) is 6.93. The zero-order valence-corrected chi connectivity index (χ0v) is 23.8. The molecule has 8 heteroatoms. The third-order valence-electron chi connectivity index (χ3n) is 8.49. The lowest BCUT2D eigenvalue weighted by Crippen LogP contribution is -2.43. The minimum absolute atomic E-state index is 0.00107. The van der Waals surface area contributed by atoms with Crippen molar-refractivity contribution >= 4 is 23.1 Å². The molecule has 0 radical (unpaired) electrons. The SMILES string of the molecule is C=C(c1ccccc1)c1cc(NC(=O)[C@@H]2CCN(CC(=O)N3CCC(c4cccc(C(F)(F)F)c4)CC3)C2)ccc1C. The second-order valence-electron chi connectivity index (χ2n) is 11.4. The molecule has 3 aromatic carbocycles. The summed E-state index contributed by atoms with van der Waals surface area (Å²) in [5.74, 6) is -0.275. The molecule has 2 saturated heterocycles. The molecule has 0 aliphatic carbocycles. The van der Waals surface area contributed by atoms with Crippen LogP contribution in [0.1, 0.15) is 53.0 Å². The Hall–Kier alpha value is -3.91. The summed E-state index contributed by atoms with van der Waals surface area (Å²) in [6.45, 7) is 8.73. The topological polar surface area (TPSA) is 52.7 Å². The van der Waals surface area contributed by atoms with Gasteiger partial charge in [0.15, 0.2) is 0 Å². The average molecular weight is 576 g/mol. The van der Waals surface area contributed by atoms with Crippen molar-refractivity contribution in [3.05, 3.63) is 107 Å². The number of piperidine rings is 1. The molecular formula is C34H36F3N3O2. The standard InChI is InChI=1S/C34H36F3N3O2/c1-23-11-12-30(20-31(23)24(2)25-7-4-3-5-8-25)38-33(42)28-13-16-39(21-28)22-32(41)40-17-14-26(15-18-40)27-9-6-10-29(19-27)34(35,36)37/h3-12,19-20,26,28H,2,13-18,21-22H2,1H3,(H,38,42)/t28-/m1/s1. The number of carbonyl (C=O) groups is 2. The fourth-order valence-corrected chi connectivity index (χ4v) is 5.98. The quantitative estimate of drug-likeness (QED) is 0.340. The molecule has 2 heterocycles. The Balaban J connectivity index is 1.11. The summed E-state index contributed by atoms with van der Waals surface area (Å²) in [6.07, 6.45) is -2.43. The molecule has 5 nitrogen and oxygen atoms in total. The number of carbonyl (C=O) groups excluding carboxylic acids is 2. The molecule has 2 aliphatic rings. The summed E-state index contributed by atoms with van der Waals surface area (Å²) in [4.78, 5) is 30.0. The van der Waals surface area contributed by atoms with Crippen LogP contribution in [0.3, 0.4) is 0 Å². The minimum Gasteiger partial charge on any atom is -0.342 e. The molecule has 0 spiro atoms. The van der Waals surface area contributed by atoms with Crippen LogP contribution in [-0.4, -0.2) is 54.3 Å². The van der Waals surface area contributed by atoms with Gasteiger partial charge >= 0.3 is 6.18 Å². The van der Waals surface area contributed by atoms with Crippen molar-refractivity contribution in [2.75, 3.05) is 38.0 Å². The highest BCUT2D eigenvalue weighted by Gasteiger charge is 2.33. The van der Waals surface area contributed by atoms with Gasteiger partial charge in [0, 0.05) is 25.3 Å². The fraction of sp³-hybridized carbons (Fsp3) is 0.353. The largest absolute Gasteiger partial charge is 0.416 e. The van der Waals surface area contributed by atoms with Gasteiger partial charge in [0.25, 0.3) is 0 Å². The van der Waals surface area contributed by atoms with Crippen LogP contribution in [0.25, 0.3) is 5.57 Å². The maximum absolute atomic E-state index is 13.1. The molecule has 0 bridgehead atoms. The summed E-state index contributed by atoms with van der Waals surface area (Å²) in [6, 6.07) is 21.3. The first-order chi connectivity index (χ1) is 20.1. The van der Waals surface area contributed by atoms with Gasteiger partial charge in [-0.1, -0.05) is 61.2 Å². The van der Waals surface area contributed by atoms with Crippen LogP contribution in [0.2, 0.25) is 0 Å². The summed E-state index contributed by atoms with van der Waals surface area (Å²) < 4.78 is 39.3. The van der Waals surface area contributed by atoms with Gasteiger partial charge < -0.3 is 10.2 Å². The van der Waals surface area contributed by atoms with E-state index in [-0.39, 0.29) is 30.2 Å². The lowest BCUT2D eigenvalue weighted by Gasteiger charge is -2.33. The minimum atomic E-state index is -4.36. The van der Waals surface area contributed by atoms with Crippen LogP contribution >= 0.6 is 0 Å². The van der Waals surface area contributed by atoms with E-state index in [2.05, 4.69) is 11.9 Å². The molecule has 5 rings (SSSR count). The van der Waals surface area contributed by atoms with Crippen LogP contribution in [0.15, 0.2) is 79.4 Å². The Kier molecular flexibility index (Phi) is 8.82. The van der Waals surface area contributed by atoms with E-state index >= 15 is 0 Å². The Morgan fingerprint density at radius 1 is 0.929 bits per heavy atom. The second-order valence-corrected chi connectivity index (χ2v) is 11.4. The highest BCUT2D eigenvalue weighted by atomic mass is 19.4. The molecule has 1 atom stereocenters. The molecule has 2 amide bonds. The highest BCUT2D eigenvalue weighted by Crippen LogP contribution is 2.34. The van der Waals surface area contributed by atoms with Gasteiger partial charge in [-0.05, 0) is 84.7 Å². The van der Waals surface area contributed by atoms with Crippen molar-refractivity contribution in [3.8, 4) is 0 Å². The maximum Gasteiger partial charge on any atom is 0.416 e. The summed E-state index contributed by atoms with van der Waals surface area (Å²) in [7, 11) is 0. The molecule has 1 N–H and O–H groups in total. The Bertz CT molecular complexity index is 1450. The van der Waals surface area contributed by atoms with E-state index in [1.807, 2.05) is 60.4 Å². The number of hydrogen-bond donors (Lipinski definition) is 1. The van der Waals surface area contributed by atoms with E-state index < -0.39 is 11.7 Å². The number of alkyl halides is 3. The molecular weight excluding hydrogens is 539 g/mol. The molecule has 2 aliphatic heterocycles. The average Bonchev–Trinajstić information content (AvgIpc) is 3.46. The number of amides is 2. The van der Waals surface area contributed by atoms with Crippen LogP contribution in [0.5, 0.6) is 0 Å². The van der Waals surface area contributed by atoms with Gasteiger partial charge in [0.2, 0.25) is 11.8 Å². The normalized spacial score (nSPS) is 18.2. The molecule has 42 heavy (non-hydrogen) atoms. The number of halogens is 3. The molecule has 0 unspecified atom stereocenters. The molecule has 0 saturated carbocycles. The molecule has 3 aromatic rings. The first kappa shape index (κ1) is 29.6. The van der Waals surface area contributed by atoms with Crippen molar-refractivity contribution in [1.29, 1.82) is 0 Å². The number of nitrogens with one attached hydrogen (secondary N) is 1. The van der Waals surface area contributed by atoms with Gasteiger partial charge in [-0.2, -0.15) is 13.2 Å². The van der Waals surface area contributed by atoms with E-state index in [0.717, 1.165) is 34.0 Å². The summed E-state index contributed by atoms with van der Waals surface area (Å²) in [5.41, 5.74) is 4.74. The van der Waals surface area contributed by atoms with E-state index in [0.29, 0.717) is 51.0 Å². The van der Waals surface area contributed by atoms with Crippen LogP contribution in [0.4, 0.5) is 18.9 Å². The van der Waals surface area contributed by atoms with Crippen molar-refractivity contribution in [3.63, 3.8) is 0 Å². The van der Waals surface area contributed by atoms with Crippen molar-refractivity contribution in [2.24, 2.45) is 5.92 Å². The predicted molar refractivity (Wildman–Crippen MR) is 159 cm³/mol. The lowest BCUT2D eigenvalue weighted by atomic mass is 9.88.